The van der Waals surface area contributed by atoms with Crippen LogP contribution < -0.4 is 19.5 Å². The number of anilines is 2. The van der Waals surface area contributed by atoms with Gasteiger partial charge >= 0.3 is 0 Å². The Hall–Kier alpha value is -2.77. The van der Waals surface area contributed by atoms with Crippen molar-refractivity contribution in [2.24, 2.45) is 0 Å². The lowest BCUT2D eigenvalue weighted by atomic mass is 10.2. The Bertz CT molecular complexity index is 1010. The van der Waals surface area contributed by atoms with Crippen LogP contribution in [0.2, 0.25) is 0 Å². The number of aryl methyl sites for hydroxylation is 1. The molecule has 0 aliphatic rings. The minimum absolute atomic E-state index is 0.0363. The van der Waals surface area contributed by atoms with Gasteiger partial charge in [0.2, 0.25) is 5.91 Å². The van der Waals surface area contributed by atoms with Crippen LogP contribution in [-0.2, 0) is 4.79 Å². The van der Waals surface area contributed by atoms with E-state index in [4.69, 9.17) is 9.47 Å². The first-order chi connectivity index (χ1) is 15.6. The fourth-order valence-electron chi connectivity index (χ4n) is 2.89. The SMILES string of the molecule is COc1ccc(OC)c(NSc2ccc(NC(=O)CCCSc3ccc(C)cc3)cc2)c1. The van der Waals surface area contributed by atoms with Gasteiger partial charge in [-0.05, 0) is 79.6 Å². The van der Waals surface area contributed by atoms with Crippen molar-refractivity contribution in [2.45, 2.75) is 29.6 Å². The van der Waals surface area contributed by atoms with E-state index in [0.29, 0.717) is 6.42 Å². The van der Waals surface area contributed by atoms with Crippen molar-refractivity contribution in [1.82, 2.24) is 0 Å². The predicted molar refractivity (Wildman–Crippen MR) is 135 cm³/mol. The molecule has 3 aromatic rings. The van der Waals surface area contributed by atoms with Gasteiger partial charge in [-0.1, -0.05) is 17.7 Å². The minimum atomic E-state index is 0.0363. The number of nitrogens with one attached hydrogen (secondary N) is 2. The number of amides is 1. The zero-order chi connectivity index (χ0) is 22.8. The minimum Gasteiger partial charge on any atom is -0.497 e. The summed E-state index contributed by atoms with van der Waals surface area (Å²) in [4.78, 5) is 14.5. The zero-order valence-electron chi connectivity index (χ0n) is 18.5. The molecule has 0 aliphatic carbocycles. The van der Waals surface area contributed by atoms with E-state index in [2.05, 4.69) is 41.2 Å². The predicted octanol–water partition coefficient (Wildman–Crippen LogP) is 6.64. The first kappa shape index (κ1) is 23.9. The van der Waals surface area contributed by atoms with Crippen molar-refractivity contribution in [3.8, 4) is 11.5 Å². The maximum Gasteiger partial charge on any atom is 0.224 e. The molecule has 0 fully saturated rings. The van der Waals surface area contributed by atoms with E-state index in [1.807, 2.05) is 42.5 Å². The van der Waals surface area contributed by atoms with Gasteiger partial charge in [0, 0.05) is 28.0 Å². The number of methoxy groups -OCH3 is 2. The molecule has 168 valence electrons. The molecular weight excluding hydrogens is 440 g/mol. The second-order valence-electron chi connectivity index (χ2n) is 7.11. The van der Waals surface area contributed by atoms with Gasteiger partial charge in [-0.15, -0.1) is 11.8 Å². The number of hydrogen-bond donors (Lipinski definition) is 2. The third-order valence-corrected chi connectivity index (χ3v) is 6.59. The van der Waals surface area contributed by atoms with E-state index in [1.165, 1.54) is 22.4 Å². The molecule has 3 rings (SSSR count). The van der Waals surface area contributed by atoms with E-state index < -0.39 is 0 Å². The van der Waals surface area contributed by atoms with Gasteiger partial charge in [-0.25, -0.2) is 0 Å². The summed E-state index contributed by atoms with van der Waals surface area (Å²) in [5, 5.41) is 2.97. The largest absolute Gasteiger partial charge is 0.497 e. The second kappa shape index (κ2) is 12.3. The van der Waals surface area contributed by atoms with Gasteiger partial charge in [-0.3, -0.25) is 4.79 Å². The molecule has 0 aromatic heterocycles. The van der Waals surface area contributed by atoms with E-state index in [-0.39, 0.29) is 5.91 Å². The number of ether oxygens (including phenoxy) is 2. The molecule has 0 atom stereocenters. The van der Waals surface area contributed by atoms with Crippen LogP contribution in [0.15, 0.2) is 76.5 Å². The molecule has 5 nitrogen and oxygen atoms in total. The molecular formula is C25H28N2O3S2. The van der Waals surface area contributed by atoms with E-state index in [9.17, 15) is 4.79 Å². The zero-order valence-corrected chi connectivity index (χ0v) is 20.1. The third-order valence-electron chi connectivity index (χ3n) is 4.66. The van der Waals surface area contributed by atoms with Crippen LogP contribution in [0.4, 0.5) is 11.4 Å². The Labute approximate surface area is 198 Å². The number of hydrogen-bond acceptors (Lipinski definition) is 6. The van der Waals surface area contributed by atoms with Gasteiger partial charge in [-0.2, -0.15) is 0 Å². The highest BCUT2D eigenvalue weighted by molar-refractivity contribution is 8.00. The molecule has 0 heterocycles. The molecule has 0 saturated heterocycles. The molecule has 0 saturated carbocycles. The average Bonchev–Trinajstić information content (AvgIpc) is 2.82. The number of benzene rings is 3. The normalized spacial score (nSPS) is 10.5. The quantitative estimate of drug-likeness (QED) is 0.187. The summed E-state index contributed by atoms with van der Waals surface area (Å²) in [6, 6.07) is 21.8. The molecule has 7 heteroatoms. The lowest BCUT2D eigenvalue weighted by Crippen LogP contribution is -2.11. The summed E-state index contributed by atoms with van der Waals surface area (Å²) < 4.78 is 13.9. The summed E-state index contributed by atoms with van der Waals surface area (Å²) in [5.74, 6) is 2.45. The summed E-state index contributed by atoms with van der Waals surface area (Å²) in [5.41, 5.74) is 2.89. The Morgan fingerprint density at radius 3 is 2.31 bits per heavy atom. The second-order valence-corrected chi connectivity index (χ2v) is 9.16. The Kier molecular flexibility index (Phi) is 9.19. The molecule has 2 N–H and O–H groups in total. The Balaban J connectivity index is 1.42. The Morgan fingerprint density at radius 2 is 1.62 bits per heavy atom. The van der Waals surface area contributed by atoms with Gasteiger partial charge in [0.05, 0.1) is 19.9 Å². The fourth-order valence-corrected chi connectivity index (χ4v) is 4.41. The monoisotopic (exact) mass is 468 g/mol. The molecule has 0 bridgehead atoms. The molecule has 0 radical (unpaired) electrons. The smallest absolute Gasteiger partial charge is 0.224 e. The van der Waals surface area contributed by atoms with E-state index in [1.54, 1.807) is 26.0 Å². The van der Waals surface area contributed by atoms with Crippen LogP contribution in [-0.4, -0.2) is 25.9 Å². The van der Waals surface area contributed by atoms with Crippen LogP contribution >= 0.6 is 23.7 Å². The lowest BCUT2D eigenvalue weighted by Gasteiger charge is -2.12. The molecule has 0 aliphatic heterocycles. The maximum absolute atomic E-state index is 12.2. The molecule has 0 spiro atoms. The van der Waals surface area contributed by atoms with Crippen LogP contribution in [0.5, 0.6) is 11.5 Å². The third kappa shape index (κ3) is 7.43. The number of rotatable bonds is 11. The van der Waals surface area contributed by atoms with Gasteiger partial charge in [0.1, 0.15) is 11.5 Å². The van der Waals surface area contributed by atoms with Crippen molar-refractivity contribution in [3.05, 3.63) is 72.3 Å². The number of thioether (sulfide) groups is 1. The van der Waals surface area contributed by atoms with Crippen LogP contribution in [0.25, 0.3) is 0 Å². The fraction of sp³-hybridized carbons (Fsp3) is 0.240. The van der Waals surface area contributed by atoms with Crippen LogP contribution in [0, 0.1) is 6.92 Å². The van der Waals surface area contributed by atoms with Crippen molar-refractivity contribution in [1.29, 1.82) is 0 Å². The highest BCUT2D eigenvalue weighted by Gasteiger charge is 2.07. The molecule has 32 heavy (non-hydrogen) atoms. The van der Waals surface area contributed by atoms with E-state index >= 15 is 0 Å². The first-order valence-corrected chi connectivity index (χ1v) is 12.1. The summed E-state index contributed by atoms with van der Waals surface area (Å²) >= 11 is 3.25. The standard InChI is InChI=1S/C25H28N2O3S2/c1-18-6-11-21(12-7-18)31-16-4-5-25(28)26-19-8-13-22(14-9-19)32-27-23-17-20(29-2)10-15-24(23)30-3/h6-15,17,27H,4-5,16H2,1-3H3,(H,26,28). The number of carbonyl (C=O) groups is 1. The van der Waals surface area contributed by atoms with Crippen molar-refractivity contribution in [2.75, 3.05) is 30.0 Å². The Morgan fingerprint density at radius 1 is 0.906 bits per heavy atom. The average molecular weight is 469 g/mol. The van der Waals surface area contributed by atoms with E-state index in [0.717, 1.165) is 39.9 Å². The van der Waals surface area contributed by atoms with Crippen LogP contribution in [0.1, 0.15) is 18.4 Å². The molecule has 0 unspecified atom stereocenters. The number of carbonyl (C=O) groups excluding carboxylic acids is 1. The first-order valence-electron chi connectivity index (χ1n) is 10.3. The van der Waals surface area contributed by atoms with Gasteiger partial charge in [0.25, 0.3) is 0 Å². The van der Waals surface area contributed by atoms with Gasteiger partial charge < -0.3 is 19.5 Å². The van der Waals surface area contributed by atoms with Crippen molar-refractivity contribution >= 4 is 41.0 Å². The van der Waals surface area contributed by atoms with Crippen molar-refractivity contribution < 1.29 is 14.3 Å². The lowest BCUT2D eigenvalue weighted by molar-refractivity contribution is -0.116. The van der Waals surface area contributed by atoms with Crippen molar-refractivity contribution in [3.63, 3.8) is 0 Å². The van der Waals surface area contributed by atoms with Gasteiger partial charge in [0.15, 0.2) is 0 Å². The summed E-state index contributed by atoms with van der Waals surface area (Å²) in [6.45, 7) is 2.08. The molecule has 1 amide bonds. The topological polar surface area (TPSA) is 59.6 Å². The molecule has 3 aromatic carbocycles. The highest BCUT2D eigenvalue weighted by Crippen LogP contribution is 2.33. The summed E-state index contributed by atoms with van der Waals surface area (Å²) in [6.07, 6.45) is 1.34. The highest BCUT2D eigenvalue weighted by atomic mass is 32.2. The maximum atomic E-state index is 12.2. The summed E-state index contributed by atoms with van der Waals surface area (Å²) in [7, 11) is 3.27. The van der Waals surface area contributed by atoms with Crippen LogP contribution in [0.3, 0.4) is 0 Å².